The highest BCUT2D eigenvalue weighted by Crippen LogP contribution is 2.15. The molecule has 2 heterocycles. The highest BCUT2D eigenvalue weighted by Gasteiger charge is 2.20. The van der Waals surface area contributed by atoms with Crippen LogP contribution in [-0.2, 0) is 4.79 Å². The third-order valence-electron chi connectivity index (χ3n) is 3.65. The Hall–Kier alpha value is -1.58. The molecule has 1 aromatic heterocycles. The fourth-order valence-electron chi connectivity index (χ4n) is 2.45. The van der Waals surface area contributed by atoms with E-state index in [1.807, 2.05) is 29.4 Å². The number of hydrogen-bond acceptors (Lipinski definition) is 3. The van der Waals surface area contributed by atoms with Crippen molar-refractivity contribution in [2.75, 3.05) is 31.1 Å². The molecule has 1 aromatic rings. The van der Waals surface area contributed by atoms with Crippen molar-refractivity contribution in [2.24, 2.45) is 0 Å². The molecule has 1 aliphatic heterocycles. The van der Waals surface area contributed by atoms with E-state index in [-0.39, 0.29) is 0 Å². The molecule has 2 rings (SSSR count). The first-order valence-electron chi connectivity index (χ1n) is 7.24. The van der Waals surface area contributed by atoms with Crippen molar-refractivity contribution in [1.82, 2.24) is 9.88 Å². The van der Waals surface area contributed by atoms with Gasteiger partial charge in [-0.15, -0.1) is 0 Å². The fraction of sp³-hybridized carbons (Fsp3) is 0.600. The second kappa shape index (κ2) is 7.12. The summed E-state index contributed by atoms with van der Waals surface area (Å²) in [4.78, 5) is 20.4. The first-order chi connectivity index (χ1) is 9.31. The maximum absolute atomic E-state index is 12.0. The molecule has 0 unspecified atom stereocenters. The van der Waals surface area contributed by atoms with Crippen molar-refractivity contribution in [2.45, 2.75) is 32.6 Å². The lowest BCUT2D eigenvalue weighted by Crippen LogP contribution is -2.48. The number of pyridine rings is 1. The van der Waals surface area contributed by atoms with Crippen molar-refractivity contribution in [3.63, 3.8) is 0 Å². The molecular weight excluding hydrogens is 238 g/mol. The van der Waals surface area contributed by atoms with Gasteiger partial charge in [0.1, 0.15) is 0 Å². The van der Waals surface area contributed by atoms with Crippen molar-refractivity contribution < 1.29 is 4.79 Å². The predicted octanol–water partition coefficient (Wildman–Crippen LogP) is 2.31. The standard InChI is InChI=1S/C15H23N3O/c1-2-3-4-5-15(19)18-12-10-17(11-13-18)14-6-8-16-9-7-14/h6-9H,2-5,10-13H2,1H3. The summed E-state index contributed by atoms with van der Waals surface area (Å²) in [6.07, 6.45) is 7.70. The third-order valence-corrected chi connectivity index (χ3v) is 3.65. The number of rotatable bonds is 5. The van der Waals surface area contributed by atoms with Gasteiger partial charge in [-0.3, -0.25) is 9.78 Å². The molecule has 0 atom stereocenters. The van der Waals surface area contributed by atoms with Gasteiger partial charge in [-0.1, -0.05) is 19.8 Å². The van der Waals surface area contributed by atoms with Crippen LogP contribution in [0.1, 0.15) is 32.6 Å². The van der Waals surface area contributed by atoms with E-state index < -0.39 is 0 Å². The molecule has 0 saturated carbocycles. The molecule has 1 aliphatic rings. The largest absolute Gasteiger partial charge is 0.368 e. The molecule has 0 N–H and O–H groups in total. The average molecular weight is 261 g/mol. The van der Waals surface area contributed by atoms with Crippen molar-refractivity contribution in [3.05, 3.63) is 24.5 Å². The summed E-state index contributed by atoms with van der Waals surface area (Å²) in [5.41, 5.74) is 1.20. The van der Waals surface area contributed by atoms with E-state index in [1.54, 1.807) is 0 Å². The lowest BCUT2D eigenvalue weighted by Gasteiger charge is -2.36. The second-order valence-electron chi connectivity index (χ2n) is 5.03. The van der Waals surface area contributed by atoms with Gasteiger partial charge in [0.15, 0.2) is 0 Å². The number of unbranched alkanes of at least 4 members (excludes halogenated alkanes) is 2. The van der Waals surface area contributed by atoms with E-state index in [4.69, 9.17) is 0 Å². The van der Waals surface area contributed by atoms with Crippen LogP contribution in [0.2, 0.25) is 0 Å². The molecule has 0 aromatic carbocycles. The van der Waals surface area contributed by atoms with Crippen LogP contribution in [0.3, 0.4) is 0 Å². The molecule has 0 radical (unpaired) electrons. The number of carbonyl (C=O) groups excluding carboxylic acids is 1. The lowest BCUT2D eigenvalue weighted by molar-refractivity contribution is -0.131. The lowest BCUT2D eigenvalue weighted by atomic mass is 10.2. The molecule has 1 fully saturated rings. The predicted molar refractivity (Wildman–Crippen MR) is 77.2 cm³/mol. The number of amides is 1. The van der Waals surface area contributed by atoms with Gasteiger partial charge in [0, 0.05) is 50.7 Å². The third kappa shape index (κ3) is 3.94. The number of carbonyl (C=O) groups is 1. The normalized spacial score (nSPS) is 15.6. The quantitative estimate of drug-likeness (QED) is 0.763. The van der Waals surface area contributed by atoms with Crippen molar-refractivity contribution in [3.8, 4) is 0 Å². The summed E-state index contributed by atoms with van der Waals surface area (Å²) < 4.78 is 0. The van der Waals surface area contributed by atoms with E-state index in [0.29, 0.717) is 12.3 Å². The van der Waals surface area contributed by atoms with Crippen molar-refractivity contribution >= 4 is 11.6 Å². The molecule has 0 bridgehead atoms. The molecular formula is C15H23N3O. The number of hydrogen-bond donors (Lipinski definition) is 0. The zero-order valence-corrected chi connectivity index (χ0v) is 11.7. The molecule has 4 nitrogen and oxygen atoms in total. The smallest absolute Gasteiger partial charge is 0.222 e. The monoisotopic (exact) mass is 261 g/mol. The Kier molecular flexibility index (Phi) is 5.19. The Balaban J connectivity index is 1.77. The average Bonchev–Trinajstić information content (AvgIpc) is 2.48. The maximum atomic E-state index is 12.0. The van der Waals surface area contributed by atoms with Crippen LogP contribution in [0, 0.1) is 0 Å². The number of aromatic nitrogens is 1. The van der Waals surface area contributed by atoms with Crippen LogP contribution in [-0.4, -0.2) is 42.0 Å². The fourth-order valence-corrected chi connectivity index (χ4v) is 2.45. The Labute approximate surface area is 115 Å². The minimum absolute atomic E-state index is 0.322. The Morgan fingerprint density at radius 2 is 1.84 bits per heavy atom. The molecule has 1 amide bonds. The van der Waals surface area contributed by atoms with Gasteiger partial charge in [0.25, 0.3) is 0 Å². The zero-order valence-electron chi connectivity index (χ0n) is 11.7. The first-order valence-corrected chi connectivity index (χ1v) is 7.24. The highest BCUT2D eigenvalue weighted by molar-refractivity contribution is 5.76. The van der Waals surface area contributed by atoms with Gasteiger partial charge < -0.3 is 9.80 Å². The Bertz CT molecular complexity index is 386. The summed E-state index contributed by atoms with van der Waals surface area (Å²) >= 11 is 0. The van der Waals surface area contributed by atoms with E-state index >= 15 is 0 Å². The number of anilines is 1. The Morgan fingerprint density at radius 1 is 1.16 bits per heavy atom. The van der Waals surface area contributed by atoms with E-state index in [0.717, 1.165) is 39.0 Å². The van der Waals surface area contributed by atoms with Gasteiger partial charge in [-0.2, -0.15) is 0 Å². The molecule has 104 valence electrons. The van der Waals surface area contributed by atoms with Crippen LogP contribution in [0.4, 0.5) is 5.69 Å². The van der Waals surface area contributed by atoms with Gasteiger partial charge in [-0.25, -0.2) is 0 Å². The molecule has 0 spiro atoms. The van der Waals surface area contributed by atoms with Gasteiger partial charge >= 0.3 is 0 Å². The van der Waals surface area contributed by atoms with Crippen LogP contribution < -0.4 is 4.90 Å². The molecule has 4 heteroatoms. The summed E-state index contributed by atoms with van der Waals surface area (Å²) in [6, 6.07) is 4.05. The van der Waals surface area contributed by atoms with Gasteiger partial charge in [0.2, 0.25) is 5.91 Å². The molecule has 1 saturated heterocycles. The van der Waals surface area contributed by atoms with E-state index in [9.17, 15) is 4.79 Å². The van der Waals surface area contributed by atoms with E-state index in [1.165, 1.54) is 12.1 Å². The number of piperazine rings is 1. The van der Waals surface area contributed by atoms with E-state index in [2.05, 4.69) is 16.8 Å². The van der Waals surface area contributed by atoms with Gasteiger partial charge in [-0.05, 0) is 18.6 Å². The summed E-state index contributed by atoms with van der Waals surface area (Å²) in [5, 5.41) is 0. The maximum Gasteiger partial charge on any atom is 0.222 e. The van der Waals surface area contributed by atoms with Gasteiger partial charge in [0.05, 0.1) is 0 Å². The van der Waals surface area contributed by atoms with Crippen LogP contribution in [0.25, 0.3) is 0 Å². The van der Waals surface area contributed by atoms with Crippen molar-refractivity contribution in [1.29, 1.82) is 0 Å². The zero-order chi connectivity index (χ0) is 13.5. The van der Waals surface area contributed by atoms with Crippen LogP contribution in [0.5, 0.6) is 0 Å². The summed E-state index contributed by atoms with van der Waals surface area (Å²) in [6.45, 7) is 5.69. The number of nitrogens with zero attached hydrogens (tertiary/aromatic N) is 3. The first kappa shape index (κ1) is 13.8. The second-order valence-corrected chi connectivity index (χ2v) is 5.03. The van der Waals surface area contributed by atoms with Crippen LogP contribution >= 0.6 is 0 Å². The topological polar surface area (TPSA) is 36.4 Å². The Morgan fingerprint density at radius 3 is 2.47 bits per heavy atom. The highest BCUT2D eigenvalue weighted by atomic mass is 16.2. The molecule has 0 aliphatic carbocycles. The minimum Gasteiger partial charge on any atom is -0.368 e. The van der Waals surface area contributed by atoms with Crippen LogP contribution in [0.15, 0.2) is 24.5 Å². The SMILES string of the molecule is CCCCCC(=O)N1CCN(c2ccncc2)CC1. The summed E-state index contributed by atoms with van der Waals surface area (Å²) in [5.74, 6) is 0.322. The molecule has 19 heavy (non-hydrogen) atoms. The summed E-state index contributed by atoms with van der Waals surface area (Å²) in [7, 11) is 0. The minimum atomic E-state index is 0.322.